The molecule has 2 aliphatic heterocycles. The number of likely N-dealkylation sites (tertiary alicyclic amines) is 2. The van der Waals surface area contributed by atoms with Crippen molar-refractivity contribution in [3.05, 3.63) is 23.8 Å². The predicted octanol–water partition coefficient (Wildman–Crippen LogP) is 0.581. The first kappa shape index (κ1) is 15.9. The fourth-order valence-electron chi connectivity index (χ4n) is 3.46. The van der Waals surface area contributed by atoms with Gasteiger partial charge in [-0.2, -0.15) is 0 Å². The summed E-state index contributed by atoms with van der Waals surface area (Å²) in [5.74, 6) is -0.505. The Hall–Kier alpha value is -2.02. The summed E-state index contributed by atoms with van der Waals surface area (Å²) in [6, 6.07) is 0.246. The number of primary amides is 1. The summed E-state index contributed by atoms with van der Waals surface area (Å²) in [6.07, 6.45) is 6.72. The van der Waals surface area contributed by atoms with Gasteiger partial charge in [0.25, 0.3) is 5.91 Å². The number of hydrogen-bond donors (Lipinski definition) is 1. The Morgan fingerprint density at radius 1 is 1.17 bits per heavy atom. The van der Waals surface area contributed by atoms with Gasteiger partial charge in [0.05, 0.1) is 24.1 Å². The number of amides is 2. The molecule has 2 aliphatic rings. The van der Waals surface area contributed by atoms with Gasteiger partial charge in [0, 0.05) is 19.0 Å². The van der Waals surface area contributed by atoms with E-state index < -0.39 is 0 Å². The lowest BCUT2D eigenvalue weighted by Crippen LogP contribution is -2.42. The fraction of sp³-hybridized carbons (Fsp3) is 0.625. The molecule has 1 aromatic rings. The van der Waals surface area contributed by atoms with Crippen LogP contribution in [-0.4, -0.2) is 58.3 Å². The number of rotatable bonds is 3. The Bertz CT molecular complexity index is 598. The number of nitrogens with zero attached hydrogens (tertiary/aromatic N) is 4. The maximum absolute atomic E-state index is 12.6. The molecule has 124 valence electrons. The lowest BCUT2D eigenvalue weighted by Gasteiger charge is -2.30. The van der Waals surface area contributed by atoms with Crippen molar-refractivity contribution in [2.24, 2.45) is 11.7 Å². The summed E-state index contributed by atoms with van der Waals surface area (Å²) in [6.45, 7) is 2.13. The molecule has 7 nitrogen and oxygen atoms in total. The van der Waals surface area contributed by atoms with Crippen molar-refractivity contribution in [3.8, 4) is 0 Å². The lowest BCUT2D eigenvalue weighted by atomic mass is 9.96. The standard InChI is InChI=1S/C16H23N5O2/c1-20-6-2-3-14(20)12-9-18-10-13(19-12)16(23)21-7-4-11(5-8-21)15(17)22/h9-11,14H,2-8H2,1H3,(H2,17,22)/t14-/m1/s1. The van der Waals surface area contributed by atoms with Crippen molar-refractivity contribution in [1.29, 1.82) is 0 Å². The van der Waals surface area contributed by atoms with Crippen LogP contribution < -0.4 is 5.73 Å². The Kier molecular flexibility index (Phi) is 4.56. The summed E-state index contributed by atoms with van der Waals surface area (Å²) in [5.41, 5.74) is 6.59. The number of aromatic nitrogens is 2. The van der Waals surface area contributed by atoms with Crippen molar-refractivity contribution in [2.75, 3.05) is 26.7 Å². The highest BCUT2D eigenvalue weighted by atomic mass is 16.2. The summed E-state index contributed by atoms with van der Waals surface area (Å²) in [4.78, 5) is 36.6. The zero-order valence-electron chi connectivity index (χ0n) is 13.4. The molecule has 0 aliphatic carbocycles. The van der Waals surface area contributed by atoms with E-state index in [4.69, 9.17) is 5.73 Å². The zero-order valence-corrected chi connectivity index (χ0v) is 13.4. The van der Waals surface area contributed by atoms with Gasteiger partial charge in [0.1, 0.15) is 5.69 Å². The minimum Gasteiger partial charge on any atom is -0.369 e. The van der Waals surface area contributed by atoms with E-state index in [0.717, 1.165) is 25.1 Å². The second kappa shape index (κ2) is 6.62. The van der Waals surface area contributed by atoms with Gasteiger partial charge in [0.2, 0.25) is 5.91 Å². The van der Waals surface area contributed by atoms with Crippen LogP contribution in [0.5, 0.6) is 0 Å². The fourth-order valence-corrected chi connectivity index (χ4v) is 3.46. The average molecular weight is 317 g/mol. The molecule has 0 radical (unpaired) electrons. The SMILES string of the molecule is CN1CCC[C@@H]1c1cncc(C(=O)N2CCC(C(N)=O)CC2)n1. The largest absolute Gasteiger partial charge is 0.369 e. The normalized spacial score (nSPS) is 23.2. The van der Waals surface area contributed by atoms with E-state index in [1.54, 1.807) is 11.1 Å². The molecule has 2 fully saturated rings. The van der Waals surface area contributed by atoms with E-state index in [0.29, 0.717) is 31.6 Å². The first-order valence-electron chi connectivity index (χ1n) is 8.17. The van der Waals surface area contributed by atoms with Gasteiger partial charge >= 0.3 is 0 Å². The number of carbonyl (C=O) groups is 2. The van der Waals surface area contributed by atoms with Crippen LogP contribution in [0.4, 0.5) is 0 Å². The molecule has 2 amide bonds. The molecule has 1 atom stereocenters. The third kappa shape index (κ3) is 3.34. The molecule has 0 aromatic carbocycles. The van der Waals surface area contributed by atoms with Gasteiger partial charge in [-0.15, -0.1) is 0 Å². The van der Waals surface area contributed by atoms with E-state index in [1.807, 2.05) is 0 Å². The molecule has 0 unspecified atom stereocenters. The number of nitrogens with two attached hydrogens (primary N) is 1. The van der Waals surface area contributed by atoms with Gasteiger partial charge < -0.3 is 10.6 Å². The van der Waals surface area contributed by atoms with E-state index >= 15 is 0 Å². The van der Waals surface area contributed by atoms with Gasteiger partial charge in [0.15, 0.2) is 0 Å². The van der Waals surface area contributed by atoms with E-state index in [1.165, 1.54) is 6.20 Å². The van der Waals surface area contributed by atoms with Crippen molar-refractivity contribution in [3.63, 3.8) is 0 Å². The molecule has 3 rings (SSSR count). The van der Waals surface area contributed by atoms with Crippen LogP contribution in [0.2, 0.25) is 0 Å². The highest BCUT2D eigenvalue weighted by Gasteiger charge is 2.29. The van der Waals surface area contributed by atoms with Gasteiger partial charge in [-0.25, -0.2) is 4.98 Å². The molecule has 0 bridgehead atoms. The molecular weight excluding hydrogens is 294 g/mol. The number of carbonyl (C=O) groups excluding carboxylic acids is 2. The summed E-state index contributed by atoms with van der Waals surface area (Å²) in [7, 11) is 2.07. The maximum Gasteiger partial charge on any atom is 0.274 e. The lowest BCUT2D eigenvalue weighted by molar-refractivity contribution is -0.123. The Morgan fingerprint density at radius 2 is 1.91 bits per heavy atom. The van der Waals surface area contributed by atoms with E-state index in [9.17, 15) is 9.59 Å². The molecule has 7 heteroatoms. The summed E-state index contributed by atoms with van der Waals surface area (Å²) >= 11 is 0. The van der Waals surface area contributed by atoms with Crippen molar-refractivity contribution >= 4 is 11.8 Å². The monoisotopic (exact) mass is 317 g/mol. The Balaban J connectivity index is 1.69. The molecule has 0 saturated carbocycles. The first-order valence-corrected chi connectivity index (χ1v) is 8.17. The minimum atomic E-state index is -0.275. The first-order chi connectivity index (χ1) is 11.1. The predicted molar refractivity (Wildman–Crippen MR) is 84.5 cm³/mol. The third-order valence-electron chi connectivity index (χ3n) is 4.92. The molecule has 1 aromatic heterocycles. The van der Waals surface area contributed by atoms with Crippen LogP contribution in [0, 0.1) is 5.92 Å². The van der Waals surface area contributed by atoms with Crippen LogP contribution >= 0.6 is 0 Å². The van der Waals surface area contributed by atoms with Crippen molar-refractivity contribution < 1.29 is 9.59 Å². The van der Waals surface area contributed by atoms with Crippen LogP contribution in [-0.2, 0) is 4.79 Å². The highest BCUT2D eigenvalue weighted by molar-refractivity contribution is 5.92. The quantitative estimate of drug-likeness (QED) is 0.880. The minimum absolute atomic E-state index is 0.108. The zero-order chi connectivity index (χ0) is 16.4. The number of hydrogen-bond acceptors (Lipinski definition) is 5. The van der Waals surface area contributed by atoms with E-state index in [-0.39, 0.29) is 23.8 Å². The Labute approximate surface area is 135 Å². The summed E-state index contributed by atoms with van der Waals surface area (Å²) < 4.78 is 0. The van der Waals surface area contributed by atoms with Gasteiger partial charge in [-0.1, -0.05) is 0 Å². The molecule has 2 saturated heterocycles. The molecule has 23 heavy (non-hydrogen) atoms. The van der Waals surface area contributed by atoms with Crippen LogP contribution in [0.1, 0.15) is 47.9 Å². The van der Waals surface area contributed by atoms with Gasteiger partial charge in [-0.05, 0) is 39.3 Å². The number of piperidine rings is 1. The molecule has 3 heterocycles. The third-order valence-corrected chi connectivity index (χ3v) is 4.92. The average Bonchev–Trinajstić information content (AvgIpc) is 3.00. The van der Waals surface area contributed by atoms with Crippen LogP contribution in [0.15, 0.2) is 12.4 Å². The van der Waals surface area contributed by atoms with Crippen LogP contribution in [0.25, 0.3) is 0 Å². The van der Waals surface area contributed by atoms with Crippen molar-refractivity contribution in [2.45, 2.75) is 31.7 Å². The second-order valence-corrected chi connectivity index (χ2v) is 6.44. The van der Waals surface area contributed by atoms with Crippen LogP contribution in [0.3, 0.4) is 0 Å². The molecule has 0 spiro atoms. The smallest absolute Gasteiger partial charge is 0.274 e. The highest BCUT2D eigenvalue weighted by Crippen LogP contribution is 2.28. The molecule has 2 N–H and O–H groups in total. The van der Waals surface area contributed by atoms with E-state index in [2.05, 4.69) is 21.9 Å². The second-order valence-electron chi connectivity index (χ2n) is 6.44. The van der Waals surface area contributed by atoms with Gasteiger partial charge in [-0.3, -0.25) is 19.5 Å². The Morgan fingerprint density at radius 3 is 2.52 bits per heavy atom. The van der Waals surface area contributed by atoms with Crippen molar-refractivity contribution in [1.82, 2.24) is 19.8 Å². The topological polar surface area (TPSA) is 92.4 Å². The molecular formula is C16H23N5O2. The maximum atomic E-state index is 12.6. The summed E-state index contributed by atoms with van der Waals surface area (Å²) in [5, 5.41) is 0.